The lowest BCUT2D eigenvalue weighted by molar-refractivity contribution is 0.166. The van der Waals surface area contributed by atoms with Gasteiger partial charge in [0.2, 0.25) is 0 Å². The van der Waals surface area contributed by atoms with E-state index in [9.17, 15) is 0 Å². The van der Waals surface area contributed by atoms with E-state index in [1.165, 1.54) is 30.5 Å². The zero-order valence-corrected chi connectivity index (χ0v) is 15.1. The minimum atomic E-state index is 0.652. The van der Waals surface area contributed by atoms with Gasteiger partial charge in [0.15, 0.2) is 0 Å². The van der Waals surface area contributed by atoms with Crippen molar-refractivity contribution in [2.75, 3.05) is 19.6 Å². The number of likely N-dealkylation sites (tertiary alicyclic amines) is 1. The second-order valence-corrected chi connectivity index (χ2v) is 6.95. The van der Waals surface area contributed by atoms with Crippen molar-refractivity contribution in [2.24, 2.45) is 0 Å². The quantitative estimate of drug-likeness (QED) is 0.750. The first-order chi connectivity index (χ1) is 11.8. The summed E-state index contributed by atoms with van der Waals surface area (Å²) in [7, 11) is 0. The Bertz CT molecular complexity index is 632. The third kappa shape index (κ3) is 4.56. The van der Waals surface area contributed by atoms with Gasteiger partial charge in [0.1, 0.15) is 0 Å². The van der Waals surface area contributed by atoms with Crippen LogP contribution in [0.2, 0.25) is 5.02 Å². The van der Waals surface area contributed by atoms with E-state index in [-0.39, 0.29) is 0 Å². The van der Waals surface area contributed by atoms with Crippen molar-refractivity contribution in [1.82, 2.24) is 14.8 Å². The number of likely N-dealkylation sites (N-methyl/N-ethyl adjacent to an activating group) is 1. The van der Waals surface area contributed by atoms with Crippen LogP contribution in [0.1, 0.15) is 30.9 Å². The molecule has 4 heteroatoms. The number of aromatic nitrogens is 1. The predicted molar refractivity (Wildman–Crippen MR) is 100 cm³/mol. The Hall–Kier alpha value is -1.42. The lowest BCUT2D eigenvalue weighted by Gasteiger charge is -2.30. The van der Waals surface area contributed by atoms with Crippen LogP contribution in [0.5, 0.6) is 0 Å². The molecule has 0 aliphatic carbocycles. The topological polar surface area (TPSA) is 19.4 Å². The second kappa shape index (κ2) is 8.61. The van der Waals surface area contributed by atoms with Gasteiger partial charge in [-0.25, -0.2) is 0 Å². The fraction of sp³-hybridized carbons (Fsp3) is 0.450. The van der Waals surface area contributed by atoms with E-state index >= 15 is 0 Å². The monoisotopic (exact) mass is 343 g/mol. The Kier molecular flexibility index (Phi) is 6.24. The lowest BCUT2D eigenvalue weighted by atomic mass is 10.1. The summed E-state index contributed by atoms with van der Waals surface area (Å²) in [4.78, 5) is 9.26. The van der Waals surface area contributed by atoms with Crippen molar-refractivity contribution in [3.05, 3.63) is 64.9 Å². The molecular weight excluding hydrogens is 318 g/mol. The van der Waals surface area contributed by atoms with Crippen molar-refractivity contribution < 1.29 is 0 Å². The molecule has 2 heterocycles. The third-order valence-electron chi connectivity index (χ3n) is 4.88. The Morgan fingerprint density at radius 3 is 2.71 bits per heavy atom. The van der Waals surface area contributed by atoms with Crippen molar-refractivity contribution >= 4 is 11.6 Å². The number of halogens is 1. The van der Waals surface area contributed by atoms with E-state index in [4.69, 9.17) is 11.6 Å². The lowest BCUT2D eigenvalue weighted by Crippen LogP contribution is -2.39. The standard InChI is InChI=1S/C20H26ClN3/c1-2-24-13-5-7-19(24)16-23(14-17-9-11-22-12-10-17)15-18-6-3-4-8-20(18)21/h3-4,6,8-12,19H,2,5,7,13-16H2,1H3/t19-/m0/s1. The molecule has 2 aromatic rings. The molecular formula is C20H26ClN3. The van der Waals surface area contributed by atoms with Gasteiger partial charge in [-0.1, -0.05) is 36.7 Å². The summed E-state index contributed by atoms with van der Waals surface area (Å²) >= 11 is 6.40. The number of benzene rings is 1. The summed E-state index contributed by atoms with van der Waals surface area (Å²) in [5, 5.41) is 0.857. The van der Waals surface area contributed by atoms with Crippen LogP contribution in [0.4, 0.5) is 0 Å². The van der Waals surface area contributed by atoms with E-state index < -0.39 is 0 Å². The third-order valence-corrected chi connectivity index (χ3v) is 5.25. The van der Waals surface area contributed by atoms with Crippen LogP contribution < -0.4 is 0 Å². The van der Waals surface area contributed by atoms with Crippen molar-refractivity contribution in [3.63, 3.8) is 0 Å². The minimum Gasteiger partial charge on any atom is -0.299 e. The molecule has 24 heavy (non-hydrogen) atoms. The van der Waals surface area contributed by atoms with Crippen molar-refractivity contribution in [3.8, 4) is 0 Å². The van der Waals surface area contributed by atoms with Crippen LogP contribution in [0, 0.1) is 0 Å². The maximum Gasteiger partial charge on any atom is 0.0451 e. The molecule has 0 spiro atoms. The van der Waals surface area contributed by atoms with E-state index in [1.807, 2.05) is 24.5 Å². The van der Waals surface area contributed by atoms with Gasteiger partial charge < -0.3 is 0 Å². The summed E-state index contributed by atoms with van der Waals surface area (Å²) < 4.78 is 0. The molecule has 1 aliphatic heterocycles. The number of pyridine rings is 1. The average molecular weight is 344 g/mol. The van der Waals surface area contributed by atoms with Gasteiger partial charge >= 0.3 is 0 Å². The molecule has 1 aliphatic rings. The molecule has 0 amide bonds. The highest BCUT2D eigenvalue weighted by molar-refractivity contribution is 6.31. The van der Waals surface area contributed by atoms with E-state index in [0.29, 0.717) is 6.04 Å². The Balaban J connectivity index is 1.74. The molecule has 1 saturated heterocycles. The molecule has 0 bridgehead atoms. The van der Waals surface area contributed by atoms with Crippen LogP contribution in [0.15, 0.2) is 48.8 Å². The normalized spacial score (nSPS) is 18.4. The first-order valence-electron chi connectivity index (χ1n) is 8.85. The molecule has 1 fully saturated rings. The van der Waals surface area contributed by atoms with Gasteiger partial charge in [-0.15, -0.1) is 0 Å². The maximum absolute atomic E-state index is 6.40. The number of nitrogens with zero attached hydrogens (tertiary/aromatic N) is 3. The van der Waals surface area contributed by atoms with Gasteiger partial charge in [-0.3, -0.25) is 14.8 Å². The molecule has 1 aromatic carbocycles. The summed E-state index contributed by atoms with van der Waals surface area (Å²) in [6.45, 7) is 7.54. The van der Waals surface area contributed by atoms with Crippen LogP contribution in [0.3, 0.4) is 0 Å². The van der Waals surface area contributed by atoms with Gasteiger partial charge in [0.25, 0.3) is 0 Å². The zero-order valence-electron chi connectivity index (χ0n) is 14.4. The minimum absolute atomic E-state index is 0.652. The molecule has 128 valence electrons. The average Bonchev–Trinajstić information content (AvgIpc) is 3.05. The fourth-order valence-electron chi connectivity index (χ4n) is 3.62. The Morgan fingerprint density at radius 1 is 1.17 bits per heavy atom. The van der Waals surface area contributed by atoms with Crippen LogP contribution >= 0.6 is 11.6 Å². The van der Waals surface area contributed by atoms with Gasteiger partial charge in [-0.05, 0) is 55.3 Å². The SMILES string of the molecule is CCN1CCC[C@H]1CN(Cc1ccncc1)Cc1ccccc1Cl. The fourth-order valence-corrected chi connectivity index (χ4v) is 3.81. The highest BCUT2D eigenvalue weighted by Crippen LogP contribution is 2.22. The predicted octanol–water partition coefficient (Wildman–Crippen LogP) is 4.22. The van der Waals surface area contributed by atoms with E-state index in [0.717, 1.165) is 31.2 Å². The summed E-state index contributed by atoms with van der Waals surface area (Å²) in [6.07, 6.45) is 6.35. The van der Waals surface area contributed by atoms with Crippen LogP contribution in [-0.4, -0.2) is 40.5 Å². The van der Waals surface area contributed by atoms with Crippen LogP contribution in [0.25, 0.3) is 0 Å². The highest BCUT2D eigenvalue weighted by atomic mass is 35.5. The van der Waals surface area contributed by atoms with Crippen molar-refractivity contribution in [2.45, 2.75) is 38.9 Å². The largest absolute Gasteiger partial charge is 0.299 e. The maximum atomic E-state index is 6.40. The van der Waals surface area contributed by atoms with Crippen LogP contribution in [-0.2, 0) is 13.1 Å². The first-order valence-corrected chi connectivity index (χ1v) is 9.22. The van der Waals surface area contributed by atoms with Crippen molar-refractivity contribution in [1.29, 1.82) is 0 Å². The van der Waals surface area contributed by atoms with E-state index in [1.54, 1.807) is 0 Å². The smallest absolute Gasteiger partial charge is 0.0451 e. The summed E-state index contributed by atoms with van der Waals surface area (Å²) in [5.74, 6) is 0. The molecule has 1 aromatic heterocycles. The highest BCUT2D eigenvalue weighted by Gasteiger charge is 2.25. The molecule has 0 radical (unpaired) electrons. The molecule has 3 nitrogen and oxygen atoms in total. The molecule has 3 rings (SSSR count). The van der Waals surface area contributed by atoms with Gasteiger partial charge in [0.05, 0.1) is 0 Å². The Labute approximate surface area is 150 Å². The number of hydrogen-bond donors (Lipinski definition) is 0. The second-order valence-electron chi connectivity index (χ2n) is 6.54. The first kappa shape index (κ1) is 17.4. The van der Waals surface area contributed by atoms with E-state index in [2.05, 4.69) is 46.0 Å². The molecule has 0 unspecified atom stereocenters. The van der Waals surface area contributed by atoms with Gasteiger partial charge in [-0.2, -0.15) is 0 Å². The molecule has 0 saturated carbocycles. The summed E-state index contributed by atoms with van der Waals surface area (Å²) in [5.41, 5.74) is 2.51. The van der Waals surface area contributed by atoms with Gasteiger partial charge in [0, 0.05) is 43.1 Å². The Morgan fingerprint density at radius 2 is 1.96 bits per heavy atom. The molecule has 1 atom stereocenters. The molecule has 0 N–H and O–H groups in total. The number of rotatable bonds is 7. The summed E-state index contributed by atoms with van der Waals surface area (Å²) in [6, 6.07) is 13.0. The zero-order chi connectivity index (χ0) is 16.8. The number of hydrogen-bond acceptors (Lipinski definition) is 3.